The first-order valence-corrected chi connectivity index (χ1v) is 6.60. The third-order valence-electron chi connectivity index (χ3n) is 3.20. The van der Waals surface area contributed by atoms with Crippen molar-refractivity contribution in [2.75, 3.05) is 26.2 Å². The lowest BCUT2D eigenvalue weighted by molar-refractivity contribution is -0.160. The highest BCUT2D eigenvalue weighted by Crippen LogP contribution is 2.16. The Kier molecular flexibility index (Phi) is 6.41. The Morgan fingerprint density at radius 2 is 2.16 bits per heavy atom. The summed E-state index contributed by atoms with van der Waals surface area (Å²) < 4.78 is 39.4. The molecule has 1 amide bonds. The summed E-state index contributed by atoms with van der Waals surface area (Å²) in [6.07, 6.45) is -1.15. The SMILES string of the molecule is CC1CCCCN1CCCNC(=O)OCC(F)(F)F. The molecule has 0 saturated carbocycles. The summed E-state index contributed by atoms with van der Waals surface area (Å²) in [5, 5.41) is 2.32. The van der Waals surface area contributed by atoms with Crippen molar-refractivity contribution in [2.45, 2.75) is 44.8 Å². The maximum absolute atomic E-state index is 11.8. The molecule has 7 heteroatoms. The Balaban J connectivity index is 2.05. The number of nitrogens with one attached hydrogen (secondary N) is 1. The zero-order valence-electron chi connectivity index (χ0n) is 11.1. The van der Waals surface area contributed by atoms with E-state index in [9.17, 15) is 18.0 Å². The lowest BCUT2D eigenvalue weighted by atomic mass is 10.0. The van der Waals surface area contributed by atoms with Gasteiger partial charge in [-0.25, -0.2) is 4.79 Å². The summed E-state index contributed by atoms with van der Waals surface area (Å²) in [7, 11) is 0. The van der Waals surface area contributed by atoms with Crippen LogP contribution < -0.4 is 5.32 Å². The normalized spacial score (nSPS) is 21.2. The van der Waals surface area contributed by atoms with E-state index in [0.29, 0.717) is 19.0 Å². The lowest BCUT2D eigenvalue weighted by Gasteiger charge is -2.33. The number of carbonyl (C=O) groups excluding carboxylic acids is 1. The number of likely N-dealkylation sites (tertiary alicyclic amines) is 1. The lowest BCUT2D eigenvalue weighted by Crippen LogP contribution is -2.39. The molecule has 0 aliphatic carbocycles. The monoisotopic (exact) mass is 282 g/mol. The third kappa shape index (κ3) is 7.25. The highest BCUT2D eigenvalue weighted by Gasteiger charge is 2.29. The summed E-state index contributed by atoms with van der Waals surface area (Å²) in [4.78, 5) is 13.3. The van der Waals surface area contributed by atoms with Crippen molar-refractivity contribution in [1.29, 1.82) is 0 Å². The average molecular weight is 282 g/mol. The second-order valence-corrected chi connectivity index (χ2v) is 4.85. The Hall–Kier alpha value is -0.980. The minimum Gasteiger partial charge on any atom is -0.440 e. The van der Waals surface area contributed by atoms with Crippen LogP contribution in [0.15, 0.2) is 0 Å². The van der Waals surface area contributed by atoms with Crippen molar-refractivity contribution in [3.63, 3.8) is 0 Å². The van der Waals surface area contributed by atoms with E-state index in [-0.39, 0.29) is 0 Å². The fourth-order valence-electron chi connectivity index (χ4n) is 2.16. The molecule has 4 nitrogen and oxygen atoms in total. The van der Waals surface area contributed by atoms with Crippen LogP contribution in [-0.4, -0.2) is 49.5 Å². The van der Waals surface area contributed by atoms with Crippen molar-refractivity contribution in [1.82, 2.24) is 10.2 Å². The van der Waals surface area contributed by atoms with E-state index in [1.807, 2.05) is 0 Å². The summed E-state index contributed by atoms with van der Waals surface area (Å²) >= 11 is 0. The third-order valence-corrected chi connectivity index (χ3v) is 3.20. The number of amides is 1. The van der Waals surface area contributed by atoms with Gasteiger partial charge in [-0.15, -0.1) is 0 Å². The number of halogens is 3. The summed E-state index contributed by atoms with van der Waals surface area (Å²) in [5.74, 6) is 0. The molecule has 1 N–H and O–H groups in total. The summed E-state index contributed by atoms with van der Waals surface area (Å²) in [6.45, 7) is 2.87. The molecule has 19 heavy (non-hydrogen) atoms. The number of carbonyl (C=O) groups is 1. The van der Waals surface area contributed by atoms with Gasteiger partial charge in [-0.2, -0.15) is 13.2 Å². The van der Waals surface area contributed by atoms with Crippen molar-refractivity contribution < 1.29 is 22.7 Å². The number of piperidine rings is 1. The van der Waals surface area contributed by atoms with Gasteiger partial charge in [0.2, 0.25) is 0 Å². The molecular weight excluding hydrogens is 261 g/mol. The Labute approximate surface area is 111 Å². The largest absolute Gasteiger partial charge is 0.440 e. The number of rotatable bonds is 5. The van der Waals surface area contributed by atoms with Crippen LogP contribution in [-0.2, 0) is 4.74 Å². The zero-order chi connectivity index (χ0) is 14.3. The van der Waals surface area contributed by atoms with Gasteiger partial charge in [-0.05, 0) is 32.7 Å². The molecule has 0 bridgehead atoms. The highest BCUT2D eigenvalue weighted by atomic mass is 19.4. The van der Waals surface area contributed by atoms with E-state index in [1.54, 1.807) is 0 Å². The van der Waals surface area contributed by atoms with Gasteiger partial charge in [0.15, 0.2) is 6.61 Å². The Morgan fingerprint density at radius 3 is 2.79 bits per heavy atom. The van der Waals surface area contributed by atoms with Crippen LogP contribution in [0.4, 0.5) is 18.0 Å². The molecule has 1 aliphatic heterocycles. The molecule has 112 valence electrons. The van der Waals surface area contributed by atoms with E-state index < -0.39 is 18.9 Å². The van der Waals surface area contributed by atoms with Crippen LogP contribution in [0, 0.1) is 0 Å². The van der Waals surface area contributed by atoms with Gasteiger partial charge in [0.1, 0.15) is 0 Å². The Morgan fingerprint density at radius 1 is 1.42 bits per heavy atom. The van der Waals surface area contributed by atoms with Gasteiger partial charge < -0.3 is 15.0 Å². The van der Waals surface area contributed by atoms with Gasteiger partial charge in [0, 0.05) is 19.1 Å². The van der Waals surface area contributed by atoms with Gasteiger partial charge in [0.25, 0.3) is 0 Å². The minimum atomic E-state index is -4.47. The Bertz CT molecular complexity index is 285. The summed E-state index contributed by atoms with van der Waals surface area (Å²) in [6, 6.07) is 0.547. The van der Waals surface area contributed by atoms with Crippen LogP contribution in [0.5, 0.6) is 0 Å². The van der Waals surface area contributed by atoms with Gasteiger partial charge in [-0.1, -0.05) is 6.42 Å². The first-order chi connectivity index (χ1) is 8.88. The van der Waals surface area contributed by atoms with E-state index in [1.165, 1.54) is 19.3 Å². The number of hydrogen-bond donors (Lipinski definition) is 1. The second-order valence-electron chi connectivity index (χ2n) is 4.85. The number of nitrogens with zero attached hydrogens (tertiary/aromatic N) is 1. The van der Waals surface area contributed by atoms with Crippen molar-refractivity contribution in [3.8, 4) is 0 Å². The molecule has 1 fully saturated rings. The first-order valence-electron chi connectivity index (χ1n) is 6.60. The molecule has 1 atom stereocenters. The van der Waals surface area contributed by atoms with Gasteiger partial charge >= 0.3 is 12.3 Å². The van der Waals surface area contributed by atoms with E-state index >= 15 is 0 Å². The maximum Gasteiger partial charge on any atom is 0.422 e. The average Bonchev–Trinajstić information content (AvgIpc) is 2.33. The van der Waals surface area contributed by atoms with Crippen LogP contribution in [0.1, 0.15) is 32.6 Å². The number of alkyl halides is 3. The van der Waals surface area contributed by atoms with Crippen LogP contribution in [0.3, 0.4) is 0 Å². The molecule has 0 radical (unpaired) electrons. The quantitative estimate of drug-likeness (QED) is 0.788. The standard InChI is InChI=1S/C12H21F3N2O2/c1-10-5-2-3-7-17(10)8-4-6-16-11(18)19-9-12(13,14)15/h10H,2-9H2,1H3,(H,16,18). The maximum atomic E-state index is 11.8. The topological polar surface area (TPSA) is 41.6 Å². The molecule has 1 unspecified atom stereocenters. The van der Waals surface area contributed by atoms with E-state index in [0.717, 1.165) is 13.1 Å². The second kappa shape index (κ2) is 7.57. The molecule has 0 aromatic heterocycles. The van der Waals surface area contributed by atoms with Gasteiger partial charge in [0.05, 0.1) is 0 Å². The number of hydrogen-bond acceptors (Lipinski definition) is 3. The van der Waals surface area contributed by atoms with Crippen molar-refractivity contribution in [2.24, 2.45) is 0 Å². The van der Waals surface area contributed by atoms with Crippen LogP contribution in [0.25, 0.3) is 0 Å². The molecular formula is C12H21F3N2O2. The van der Waals surface area contributed by atoms with Crippen molar-refractivity contribution >= 4 is 6.09 Å². The molecule has 1 heterocycles. The molecule has 0 aromatic rings. The molecule has 0 aromatic carbocycles. The van der Waals surface area contributed by atoms with Crippen LogP contribution in [0.2, 0.25) is 0 Å². The fraction of sp³-hybridized carbons (Fsp3) is 0.917. The minimum absolute atomic E-state index is 0.333. The van der Waals surface area contributed by atoms with E-state index in [2.05, 4.69) is 21.9 Å². The molecule has 1 rings (SSSR count). The van der Waals surface area contributed by atoms with Gasteiger partial charge in [-0.3, -0.25) is 0 Å². The molecule has 0 spiro atoms. The van der Waals surface area contributed by atoms with Crippen LogP contribution >= 0.6 is 0 Å². The first kappa shape index (κ1) is 16.1. The zero-order valence-corrected chi connectivity index (χ0v) is 11.1. The van der Waals surface area contributed by atoms with E-state index in [4.69, 9.17) is 0 Å². The smallest absolute Gasteiger partial charge is 0.422 e. The fourth-order valence-corrected chi connectivity index (χ4v) is 2.16. The number of ether oxygens (including phenoxy) is 1. The highest BCUT2D eigenvalue weighted by molar-refractivity contribution is 5.67. The molecule has 1 aliphatic rings. The predicted molar refractivity (Wildman–Crippen MR) is 64.9 cm³/mol. The number of alkyl carbamates (subject to hydrolysis) is 1. The molecule has 1 saturated heterocycles. The van der Waals surface area contributed by atoms with Crippen molar-refractivity contribution in [3.05, 3.63) is 0 Å². The summed E-state index contributed by atoms with van der Waals surface area (Å²) in [5.41, 5.74) is 0. The predicted octanol–water partition coefficient (Wildman–Crippen LogP) is 2.54.